The van der Waals surface area contributed by atoms with Crippen LogP contribution < -0.4 is 5.32 Å². The van der Waals surface area contributed by atoms with Crippen LogP contribution in [0.25, 0.3) is 0 Å². The van der Waals surface area contributed by atoms with E-state index >= 15 is 0 Å². The number of urea groups is 1. The van der Waals surface area contributed by atoms with E-state index in [9.17, 15) is 4.79 Å². The fraction of sp³-hybridized carbons (Fsp3) is 0.917. The SMILES string of the molecule is CCN(CCO)C(=O)NC1CC(C)OC(C)C1. The van der Waals surface area contributed by atoms with Gasteiger partial charge in [0.05, 0.1) is 18.8 Å². The molecule has 0 aromatic carbocycles. The standard InChI is InChI=1S/C12H24N2O3/c1-4-14(5-6-15)12(16)13-11-7-9(2)17-10(3)8-11/h9-11,15H,4-8H2,1-3H3,(H,13,16). The number of carbonyl (C=O) groups excluding carboxylic acids is 1. The Balaban J connectivity index is 2.43. The first-order chi connectivity index (χ1) is 8.06. The average Bonchev–Trinajstić information content (AvgIpc) is 2.24. The van der Waals surface area contributed by atoms with E-state index in [-0.39, 0.29) is 30.9 Å². The summed E-state index contributed by atoms with van der Waals surface area (Å²) in [7, 11) is 0. The maximum Gasteiger partial charge on any atom is 0.317 e. The Morgan fingerprint density at radius 2 is 2.00 bits per heavy atom. The summed E-state index contributed by atoms with van der Waals surface area (Å²) in [4.78, 5) is 13.5. The van der Waals surface area contributed by atoms with E-state index in [1.807, 2.05) is 20.8 Å². The van der Waals surface area contributed by atoms with Crippen molar-refractivity contribution in [2.24, 2.45) is 0 Å². The molecule has 5 heteroatoms. The maximum atomic E-state index is 11.9. The molecule has 2 unspecified atom stereocenters. The molecule has 0 bridgehead atoms. The van der Waals surface area contributed by atoms with Gasteiger partial charge in [0.1, 0.15) is 0 Å². The Morgan fingerprint density at radius 1 is 1.41 bits per heavy atom. The van der Waals surface area contributed by atoms with Gasteiger partial charge < -0.3 is 20.1 Å². The second-order valence-corrected chi connectivity index (χ2v) is 4.68. The van der Waals surface area contributed by atoms with Crippen molar-refractivity contribution >= 4 is 6.03 Å². The third kappa shape index (κ3) is 4.52. The fourth-order valence-corrected chi connectivity index (χ4v) is 2.31. The zero-order valence-electron chi connectivity index (χ0n) is 11.0. The number of rotatable bonds is 4. The van der Waals surface area contributed by atoms with Crippen LogP contribution in [0.5, 0.6) is 0 Å². The van der Waals surface area contributed by atoms with Crippen molar-refractivity contribution in [2.45, 2.75) is 51.9 Å². The molecular formula is C12H24N2O3. The lowest BCUT2D eigenvalue weighted by atomic mass is 10.00. The normalized spacial score (nSPS) is 28.8. The lowest BCUT2D eigenvalue weighted by Gasteiger charge is -2.33. The molecule has 2 atom stereocenters. The molecule has 100 valence electrons. The van der Waals surface area contributed by atoms with Crippen molar-refractivity contribution < 1.29 is 14.6 Å². The third-order valence-electron chi connectivity index (χ3n) is 3.06. The lowest BCUT2D eigenvalue weighted by Crippen LogP contribution is -2.49. The zero-order chi connectivity index (χ0) is 12.8. The molecule has 0 radical (unpaired) electrons. The highest BCUT2D eigenvalue weighted by atomic mass is 16.5. The number of hydrogen-bond donors (Lipinski definition) is 2. The molecule has 1 saturated heterocycles. The van der Waals surface area contributed by atoms with Gasteiger partial charge in [-0.05, 0) is 33.6 Å². The molecular weight excluding hydrogens is 220 g/mol. The summed E-state index contributed by atoms with van der Waals surface area (Å²) in [5.74, 6) is 0. The van der Waals surface area contributed by atoms with Gasteiger partial charge in [-0.25, -0.2) is 4.79 Å². The first-order valence-corrected chi connectivity index (χ1v) is 6.38. The van der Waals surface area contributed by atoms with Crippen LogP contribution in [0.3, 0.4) is 0 Å². The number of carbonyl (C=O) groups is 1. The molecule has 0 aromatic heterocycles. The van der Waals surface area contributed by atoms with Crippen molar-refractivity contribution in [3.8, 4) is 0 Å². The van der Waals surface area contributed by atoms with Gasteiger partial charge in [0.15, 0.2) is 0 Å². The largest absolute Gasteiger partial charge is 0.395 e. The van der Waals surface area contributed by atoms with E-state index in [1.165, 1.54) is 0 Å². The van der Waals surface area contributed by atoms with Crippen LogP contribution in [0.1, 0.15) is 33.6 Å². The van der Waals surface area contributed by atoms with Crippen LogP contribution in [0.15, 0.2) is 0 Å². The number of hydrogen-bond acceptors (Lipinski definition) is 3. The molecule has 1 aliphatic rings. The summed E-state index contributed by atoms with van der Waals surface area (Å²) >= 11 is 0. The van der Waals surface area contributed by atoms with E-state index in [0.717, 1.165) is 12.8 Å². The van der Waals surface area contributed by atoms with Gasteiger partial charge in [-0.15, -0.1) is 0 Å². The van der Waals surface area contributed by atoms with E-state index in [2.05, 4.69) is 5.32 Å². The topological polar surface area (TPSA) is 61.8 Å². The number of amides is 2. The van der Waals surface area contributed by atoms with Crippen molar-refractivity contribution in [3.05, 3.63) is 0 Å². The maximum absolute atomic E-state index is 11.9. The van der Waals surface area contributed by atoms with Gasteiger partial charge in [-0.2, -0.15) is 0 Å². The Labute approximate surface area is 103 Å². The Morgan fingerprint density at radius 3 is 2.47 bits per heavy atom. The summed E-state index contributed by atoms with van der Waals surface area (Å²) < 4.78 is 5.63. The summed E-state index contributed by atoms with van der Waals surface area (Å²) in [5.41, 5.74) is 0. The molecule has 0 spiro atoms. The Kier molecular flexibility index (Phi) is 5.71. The quantitative estimate of drug-likeness (QED) is 0.774. The van der Waals surface area contributed by atoms with Crippen LogP contribution >= 0.6 is 0 Å². The van der Waals surface area contributed by atoms with Crippen molar-refractivity contribution in [1.29, 1.82) is 0 Å². The average molecular weight is 244 g/mol. The molecule has 5 nitrogen and oxygen atoms in total. The minimum Gasteiger partial charge on any atom is -0.395 e. The van der Waals surface area contributed by atoms with Crippen LogP contribution in [-0.4, -0.2) is 54.0 Å². The lowest BCUT2D eigenvalue weighted by molar-refractivity contribution is -0.0407. The molecule has 1 heterocycles. The van der Waals surface area contributed by atoms with Crippen molar-refractivity contribution in [1.82, 2.24) is 10.2 Å². The molecule has 0 saturated carbocycles. The van der Waals surface area contributed by atoms with Gasteiger partial charge in [0.25, 0.3) is 0 Å². The second kappa shape index (κ2) is 6.81. The number of nitrogens with zero attached hydrogens (tertiary/aromatic N) is 1. The van der Waals surface area contributed by atoms with Crippen LogP contribution in [-0.2, 0) is 4.74 Å². The predicted octanol–water partition coefficient (Wildman–Crippen LogP) is 0.966. The predicted molar refractivity (Wildman–Crippen MR) is 65.9 cm³/mol. The molecule has 1 aliphatic heterocycles. The smallest absolute Gasteiger partial charge is 0.317 e. The van der Waals surface area contributed by atoms with E-state index in [4.69, 9.17) is 9.84 Å². The third-order valence-corrected chi connectivity index (χ3v) is 3.06. The molecule has 1 rings (SSSR count). The highest BCUT2D eigenvalue weighted by Crippen LogP contribution is 2.19. The van der Waals surface area contributed by atoms with Gasteiger partial charge in [-0.3, -0.25) is 0 Å². The highest BCUT2D eigenvalue weighted by Gasteiger charge is 2.26. The van der Waals surface area contributed by atoms with Crippen LogP contribution in [0, 0.1) is 0 Å². The van der Waals surface area contributed by atoms with Gasteiger partial charge in [0, 0.05) is 19.1 Å². The van der Waals surface area contributed by atoms with Crippen molar-refractivity contribution in [3.63, 3.8) is 0 Å². The zero-order valence-corrected chi connectivity index (χ0v) is 11.0. The summed E-state index contributed by atoms with van der Waals surface area (Å²) in [6, 6.07) is 0.0850. The summed E-state index contributed by atoms with van der Waals surface area (Å²) in [5, 5.41) is 11.9. The number of likely N-dealkylation sites (N-methyl/N-ethyl adjacent to an activating group) is 1. The van der Waals surface area contributed by atoms with Gasteiger partial charge in [-0.1, -0.05) is 0 Å². The molecule has 1 fully saturated rings. The van der Waals surface area contributed by atoms with Crippen LogP contribution in [0.2, 0.25) is 0 Å². The number of nitrogens with one attached hydrogen (secondary N) is 1. The van der Waals surface area contributed by atoms with E-state index in [0.29, 0.717) is 13.1 Å². The number of aliphatic hydroxyl groups is 1. The Hall–Kier alpha value is -0.810. The molecule has 2 N–H and O–H groups in total. The van der Waals surface area contributed by atoms with Gasteiger partial charge in [0.2, 0.25) is 0 Å². The minimum atomic E-state index is -0.0900. The molecule has 0 aliphatic carbocycles. The fourth-order valence-electron chi connectivity index (χ4n) is 2.31. The number of ether oxygens (including phenoxy) is 1. The molecule has 17 heavy (non-hydrogen) atoms. The van der Waals surface area contributed by atoms with E-state index < -0.39 is 0 Å². The first kappa shape index (κ1) is 14.3. The first-order valence-electron chi connectivity index (χ1n) is 6.38. The minimum absolute atomic E-state index is 0.00183. The summed E-state index contributed by atoms with van der Waals surface area (Å²) in [6.45, 7) is 6.96. The Bertz CT molecular complexity index is 238. The van der Waals surface area contributed by atoms with Gasteiger partial charge >= 0.3 is 6.03 Å². The molecule has 0 aromatic rings. The summed E-state index contributed by atoms with van der Waals surface area (Å²) in [6.07, 6.45) is 2.09. The van der Waals surface area contributed by atoms with E-state index in [1.54, 1.807) is 4.90 Å². The highest BCUT2D eigenvalue weighted by molar-refractivity contribution is 5.74. The number of aliphatic hydroxyl groups excluding tert-OH is 1. The molecule has 2 amide bonds. The monoisotopic (exact) mass is 244 g/mol. The van der Waals surface area contributed by atoms with Crippen LogP contribution in [0.4, 0.5) is 4.79 Å². The second-order valence-electron chi connectivity index (χ2n) is 4.68. The van der Waals surface area contributed by atoms with Crippen molar-refractivity contribution in [2.75, 3.05) is 19.7 Å².